The number of hydrogen-bond donors (Lipinski definition) is 1. The van der Waals surface area contributed by atoms with Gasteiger partial charge in [0.1, 0.15) is 5.82 Å². The number of halogens is 3. The van der Waals surface area contributed by atoms with Gasteiger partial charge >= 0.3 is 0 Å². The molecule has 4 rings (SSSR count). The second-order valence-electron chi connectivity index (χ2n) is 6.52. The van der Waals surface area contributed by atoms with Crippen LogP contribution < -0.4 is 5.56 Å². The van der Waals surface area contributed by atoms with Gasteiger partial charge in [-0.15, -0.1) is 0 Å². The lowest BCUT2D eigenvalue weighted by atomic mass is 10.1. The molecule has 7 heteroatoms. The molecule has 0 atom stereocenters. The van der Waals surface area contributed by atoms with E-state index in [0.29, 0.717) is 35.9 Å². The molecule has 3 aromatic rings. The van der Waals surface area contributed by atoms with E-state index in [0.717, 1.165) is 17.3 Å². The zero-order valence-corrected chi connectivity index (χ0v) is 15.1. The fourth-order valence-corrected chi connectivity index (χ4v) is 3.40. The molecule has 0 aliphatic carbocycles. The third-order valence-electron chi connectivity index (χ3n) is 4.69. The van der Waals surface area contributed by atoms with Crippen LogP contribution in [0.25, 0.3) is 11.4 Å². The third-order valence-corrected chi connectivity index (χ3v) is 4.94. The zero-order valence-electron chi connectivity index (χ0n) is 14.3. The molecule has 0 bridgehead atoms. The largest absolute Gasteiger partial charge is 0.306 e. The van der Waals surface area contributed by atoms with Crippen molar-refractivity contribution in [2.24, 2.45) is 0 Å². The van der Waals surface area contributed by atoms with Crippen LogP contribution in [0.3, 0.4) is 0 Å². The van der Waals surface area contributed by atoms with Gasteiger partial charge in [0.05, 0.1) is 11.3 Å². The molecule has 4 nitrogen and oxygen atoms in total. The van der Waals surface area contributed by atoms with E-state index in [1.165, 1.54) is 6.07 Å². The van der Waals surface area contributed by atoms with Crippen molar-refractivity contribution in [3.8, 4) is 11.4 Å². The first kappa shape index (κ1) is 17.8. The fraction of sp³-hybridized carbons (Fsp3) is 0.200. The molecular formula is C20H16ClF2N3O. The topological polar surface area (TPSA) is 49.0 Å². The summed E-state index contributed by atoms with van der Waals surface area (Å²) in [5, 5.41) is 0.610. The molecule has 0 unspecified atom stereocenters. The molecule has 1 N–H and O–H groups in total. The Morgan fingerprint density at radius 1 is 1.15 bits per heavy atom. The summed E-state index contributed by atoms with van der Waals surface area (Å²) in [4.78, 5) is 21.9. The van der Waals surface area contributed by atoms with Gasteiger partial charge < -0.3 is 4.98 Å². The Labute approximate surface area is 159 Å². The second kappa shape index (κ2) is 7.21. The van der Waals surface area contributed by atoms with E-state index in [-0.39, 0.29) is 17.7 Å². The van der Waals surface area contributed by atoms with Gasteiger partial charge in [-0.1, -0.05) is 23.7 Å². The molecule has 138 valence electrons. The maximum absolute atomic E-state index is 13.9. The van der Waals surface area contributed by atoms with Gasteiger partial charge in [-0.05, 0) is 30.3 Å². The first-order chi connectivity index (χ1) is 13.0. The Morgan fingerprint density at radius 2 is 1.93 bits per heavy atom. The molecule has 0 spiro atoms. The molecule has 1 aliphatic rings. The van der Waals surface area contributed by atoms with Crippen LogP contribution >= 0.6 is 11.6 Å². The highest BCUT2D eigenvalue weighted by Crippen LogP contribution is 2.22. The molecule has 2 aromatic carbocycles. The molecule has 0 fully saturated rings. The Kier molecular flexibility index (Phi) is 4.76. The molecule has 0 radical (unpaired) electrons. The smallest absolute Gasteiger partial charge is 0.255 e. The van der Waals surface area contributed by atoms with Crippen molar-refractivity contribution >= 4 is 11.6 Å². The van der Waals surface area contributed by atoms with Crippen LogP contribution in [-0.4, -0.2) is 21.4 Å². The van der Waals surface area contributed by atoms with Gasteiger partial charge in [0.25, 0.3) is 5.56 Å². The number of aromatic amines is 1. The number of aromatic nitrogens is 2. The highest BCUT2D eigenvalue weighted by atomic mass is 35.5. The summed E-state index contributed by atoms with van der Waals surface area (Å²) in [5.41, 5.74) is 2.15. The van der Waals surface area contributed by atoms with Crippen LogP contribution in [0.5, 0.6) is 0 Å². The summed E-state index contributed by atoms with van der Waals surface area (Å²) in [6.07, 6.45) is 0.566. The van der Waals surface area contributed by atoms with E-state index in [9.17, 15) is 13.6 Å². The maximum atomic E-state index is 13.9. The van der Waals surface area contributed by atoms with Crippen molar-refractivity contribution in [3.05, 3.63) is 86.3 Å². The van der Waals surface area contributed by atoms with E-state index < -0.39 is 11.6 Å². The molecule has 0 saturated heterocycles. The lowest BCUT2D eigenvalue weighted by molar-refractivity contribution is 0.237. The zero-order chi connectivity index (χ0) is 19.0. The summed E-state index contributed by atoms with van der Waals surface area (Å²) in [5.74, 6) is -1.20. The molecule has 1 aromatic heterocycles. The van der Waals surface area contributed by atoms with Crippen molar-refractivity contribution in [2.75, 3.05) is 6.54 Å². The van der Waals surface area contributed by atoms with Gasteiger partial charge in [0.15, 0.2) is 11.6 Å². The average Bonchev–Trinajstić information content (AvgIpc) is 2.66. The average molecular weight is 388 g/mol. The number of fused-ring (bicyclic) bond motifs is 1. The quantitative estimate of drug-likeness (QED) is 0.741. The Bertz CT molecular complexity index is 1050. The minimum Gasteiger partial charge on any atom is -0.306 e. The van der Waals surface area contributed by atoms with Crippen molar-refractivity contribution < 1.29 is 8.78 Å². The summed E-state index contributed by atoms with van der Waals surface area (Å²) in [7, 11) is 0. The summed E-state index contributed by atoms with van der Waals surface area (Å²) in [6.45, 7) is 1.19. The van der Waals surface area contributed by atoms with Crippen molar-refractivity contribution in [1.82, 2.24) is 14.9 Å². The first-order valence-electron chi connectivity index (χ1n) is 8.54. The first-order valence-corrected chi connectivity index (χ1v) is 8.92. The van der Waals surface area contributed by atoms with Crippen LogP contribution in [0.15, 0.2) is 47.3 Å². The van der Waals surface area contributed by atoms with Crippen molar-refractivity contribution in [2.45, 2.75) is 19.5 Å². The summed E-state index contributed by atoms with van der Waals surface area (Å²) >= 11 is 5.90. The van der Waals surface area contributed by atoms with Crippen LogP contribution in [0.4, 0.5) is 8.78 Å². The van der Waals surface area contributed by atoms with E-state index >= 15 is 0 Å². The molecule has 27 heavy (non-hydrogen) atoms. The molecular weight excluding hydrogens is 372 g/mol. The van der Waals surface area contributed by atoms with Crippen LogP contribution in [-0.2, 0) is 19.5 Å². The minimum absolute atomic E-state index is 0.214. The van der Waals surface area contributed by atoms with Crippen LogP contribution in [0, 0.1) is 11.6 Å². The third kappa shape index (κ3) is 3.63. The highest BCUT2D eigenvalue weighted by Gasteiger charge is 2.22. The number of hydrogen-bond acceptors (Lipinski definition) is 3. The second-order valence-corrected chi connectivity index (χ2v) is 6.96. The predicted octanol–water partition coefficient (Wildman–Crippen LogP) is 3.93. The van der Waals surface area contributed by atoms with Crippen molar-refractivity contribution in [1.29, 1.82) is 0 Å². The Hall–Kier alpha value is -2.57. The normalized spacial score (nSPS) is 14.2. The number of nitrogens with one attached hydrogen (secondary N) is 1. The molecule has 0 amide bonds. The Balaban J connectivity index is 1.59. The summed E-state index contributed by atoms with van der Waals surface area (Å²) < 4.78 is 27.3. The van der Waals surface area contributed by atoms with Crippen LogP contribution in [0.1, 0.15) is 16.8 Å². The van der Waals surface area contributed by atoms with E-state index in [2.05, 4.69) is 9.97 Å². The standard InChI is InChI=1S/C20H16ClF2N3O/c21-14-6-4-12(5-7-14)19-24-17-8-9-26(11-15(17)20(27)25-19)10-13-2-1-3-16(22)18(13)23/h1-7H,8-11H2,(H,24,25,27). The van der Waals surface area contributed by atoms with Gasteiger partial charge in [0, 0.05) is 42.2 Å². The summed E-state index contributed by atoms with van der Waals surface area (Å²) in [6, 6.07) is 11.2. The van der Waals surface area contributed by atoms with Gasteiger partial charge in [0.2, 0.25) is 0 Å². The van der Waals surface area contributed by atoms with E-state index in [1.807, 2.05) is 4.90 Å². The highest BCUT2D eigenvalue weighted by molar-refractivity contribution is 6.30. The number of rotatable bonds is 3. The van der Waals surface area contributed by atoms with E-state index in [1.54, 1.807) is 30.3 Å². The predicted molar refractivity (Wildman–Crippen MR) is 99.5 cm³/mol. The maximum Gasteiger partial charge on any atom is 0.255 e. The number of nitrogens with zero attached hydrogens (tertiary/aromatic N) is 2. The lowest BCUT2D eigenvalue weighted by Crippen LogP contribution is -2.35. The van der Waals surface area contributed by atoms with E-state index in [4.69, 9.17) is 11.6 Å². The Morgan fingerprint density at radius 3 is 2.70 bits per heavy atom. The molecule has 2 heterocycles. The monoisotopic (exact) mass is 387 g/mol. The lowest BCUT2D eigenvalue weighted by Gasteiger charge is -2.27. The molecule has 1 aliphatic heterocycles. The number of H-pyrrole nitrogens is 1. The van der Waals surface area contributed by atoms with Crippen molar-refractivity contribution in [3.63, 3.8) is 0 Å². The fourth-order valence-electron chi connectivity index (χ4n) is 3.27. The van der Waals surface area contributed by atoms with Gasteiger partial charge in [-0.25, -0.2) is 13.8 Å². The minimum atomic E-state index is -0.864. The number of benzene rings is 2. The van der Waals surface area contributed by atoms with Crippen LogP contribution in [0.2, 0.25) is 5.02 Å². The van der Waals surface area contributed by atoms with Gasteiger partial charge in [-0.3, -0.25) is 9.69 Å². The molecule has 0 saturated carbocycles. The van der Waals surface area contributed by atoms with Gasteiger partial charge in [-0.2, -0.15) is 0 Å². The SMILES string of the molecule is O=c1[nH]c(-c2ccc(Cl)cc2)nc2c1CN(Cc1cccc(F)c1F)CC2.